The molecule has 23 N–H and O–H groups in total. The van der Waals surface area contributed by atoms with Crippen LogP contribution in [0.3, 0.4) is 0 Å². The molecule has 7 saturated heterocycles. The zero-order valence-electron chi connectivity index (χ0n) is 46.6. The highest BCUT2D eigenvalue weighted by atomic mass is 16.8. The highest BCUT2D eigenvalue weighted by Gasteiger charge is 2.59. The SMILES string of the molecule is CC(=O)N[C@H]1[C@H](O[C@@H]2[C@@H](OC[C@H]3O[C@@H](O[C@H]4[C@H](O)[C@@H](NC(C)=O)C(O)O[C@@H]4CO)[C@@H](O)[C@@H](O[C@H]4O[C@H](CO)[C@@H](O)[C@H](O)[C@@H]4O[C@@H]4O[C@H](CO)[C@@H](O)[C@H](O)[C@H]4NC(C)=O)[C@@H]3O)O[C@H](CO)[C@@H](O)[C@@H]2O)O[C@H](CO)[C@@H](O[C@@H]2O[C@H](CO)[C@H](O)[C@H](O)[C@H]2O)[C@@H]1O. The van der Waals surface area contributed by atoms with Crippen LogP contribution in [0.5, 0.6) is 0 Å². The number of rotatable bonds is 22. The van der Waals surface area contributed by atoms with Gasteiger partial charge in [0.2, 0.25) is 17.7 Å². The standard InChI is InChI=1S/C48H81N3O36/c1-11(58)49-21-30(67)37(18(8-56)76-42(21)74)84-46-36(73)39(85-48-41(34(71)27(64)17(7-55)80-48)87-43-22(50-12(2)59)29(66)24(61)14(4-52)77-43)28(65)20(82-46)10-75-47-40(33(70)26(63)16(6-54)79-47)86-44-23(51-13(3)60)31(68)38(19(9-57)81-44)83-45-35(72)32(69)25(62)15(5-53)78-45/h14-48,52-57,61-74H,4-10H2,1-3H3,(H,49,58)(H,50,59)(H,51,60)/t14-,15-,16-,17-,18-,19-,20-,21-,22-,23-,24-,25+,26-,27-,28-,29-,30-,31-,32+,33+,34+,35-,36+,37-,38-,39+,40+,41+,42?,43+,44+,45+,46+,47+,48-/m1/s1. The lowest BCUT2D eigenvalue weighted by Gasteiger charge is -2.50. The van der Waals surface area contributed by atoms with E-state index in [4.69, 9.17) is 61.6 Å². The maximum absolute atomic E-state index is 12.7. The van der Waals surface area contributed by atoms with Crippen molar-refractivity contribution in [2.45, 2.75) is 236 Å². The van der Waals surface area contributed by atoms with Crippen molar-refractivity contribution in [1.82, 2.24) is 16.0 Å². The van der Waals surface area contributed by atoms with Crippen molar-refractivity contribution >= 4 is 17.7 Å². The first kappa shape index (κ1) is 71.5. The molecule has 1 unspecified atom stereocenters. The summed E-state index contributed by atoms with van der Waals surface area (Å²) in [5.41, 5.74) is 0. The Labute approximate surface area is 492 Å². The van der Waals surface area contributed by atoms with Crippen LogP contribution in [0, 0.1) is 0 Å². The molecule has 7 fully saturated rings. The summed E-state index contributed by atoms with van der Waals surface area (Å²) in [7, 11) is 0. The molecule has 35 atom stereocenters. The monoisotopic (exact) mass is 1280 g/mol. The van der Waals surface area contributed by atoms with E-state index in [9.17, 15) is 117 Å². The van der Waals surface area contributed by atoms with Gasteiger partial charge in [-0.25, -0.2) is 0 Å². The number of hydrogen-bond donors (Lipinski definition) is 23. The molecule has 0 bridgehead atoms. The normalized spacial score (nSPS) is 48.9. The molecule has 0 radical (unpaired) electrons. The van der Waals surface area contributed by atoms with Gasteiger partial charge in [-0.05, 0) is 0 Å². The molecule has 0 aliphatic carbocycles. The first-order valence-electron chi connectivity index (χ1n) is 27.6. The first-order chi connectivity index (χ1) is 41.1. The summed E-state index contributed by atoms with van der Waals surface area (Å²) < 4.78 is 75.8. The van der Waals surface area contributed by atoms with Crippen LogP contribution >= 0.6 is 0 Å². The molecular weight excluding hydrogens is 1190 g/mol. The van der Waals surface area contributed by atoms with E-state index in [0.717, 1.165) is 20.8 Å². The fourth-order valence-corrected chi connectivity index (χ4v) is 11.1. The van der Waals surface area contributed by atoms with Crippen LogP contribution in [0.4, 0.5) is 0 Å². The number of aliphatic hydroxyl groups excluding tert-OH is 20. The minimum absolute atomic E-state index is 0.800. The number of carbonyl (C=O) groups is 3. The molecular formula is C48H81N3O36. The minimum Gasteiger partial charge on any atom is -0.394 e. The topological polar surface area (TPSA) is 612 Å². The van der Waals surface area contributed by atoms with Gasteiger partial charge in [0.1, 0.15) is 171 Å². The summed E-state index contributed by atoms with van der Waals surface area (Å²) in [6.07, 6.45) is -63.7. The zero-order valence-corrected chi connectivity index (χ0v) is 46.6. The minimum atomic E-state index is -2.38. The molecule has 504 valence electrons. The van der Waals surface area contributed by atoms with Gasteiger partial charge in [-0.2, -0.15) is 0 Å². The molecule has 0 aromatic carbocycles. The zero-order chi connectivity index (χ0) is 64.2. The van der Waals surface area contributed by atoms with Gasteiger partial charge in [0.15, 0.2) is 44.0 Å². The molecule has 0 aromatic heterocycles. The van der Waals surface area contributed by atoms with Gasteiger partial charge in [-0.3, -0.25) is 14.4 Å². The highest BCUT2D eigenvalue weighted by Crippen LogP contribution is 2.38. The third-order valence-corrected chi connectivity index (χ3v) is 15.7. The Morgan fingerprint density at radius 1 is 0.299 bits per heavy atom. The Morgan fingerprint density at radius 3 is 1.11 bits per heavy atom. The third-order valence-electron chi connectivity index (χ3n) is 15.7. The van der Waals surface area contributed by atoms with Crippen LogP contribution in [-0.4, -0.2) is 381 Å². The smallest absolute Gasteiger partial charge is 0.217 e. The second kappa shape index (κ2) is 31.1. The van der Waals surface area contributed by atoms with Gasteiger partial charge in [0.25, 0.3) is 0 Å². The van der Waals surface area contributed by atoms with E-state index in [1.54, 1.807) is 0 Å². The largest absolute Gasteiger partial charge is 0.394 e. The lowest BCUT2D eigenvalue weighted by atomic mass is 9.94. The Hall–Kier alpha value is -2.91. The number of nitrogens with one attached hydrogen (secondary N) is 3. The van der Waals surface area contributed by atoms with Crippen molar-refractivity contribution in [2.75, 3.05) is 46.2 Å². The molecule has 7 heterocycles. The summed E-state index contributed by atoms with van der Waals surface area (Å²) >= 11 is 0. The lowest BCUT2D eigenvalue weighted by molar-refractivity contribution is -0.395. The molecule has 0 saturated carbocycles. The number of hydrogen-bond acceptors (Lipinski definition) is 36. The molecule has 7 aliphatic rings. The Balaban J connectivity index is 1.21. The summed E-state index contributed by atoms with van der Waals surface area (Å²) in [5, 5.41) is 225. The van der Waals surface area contributed by atoms with E-state index >= 15 is 0 Å². The molecule has 0 spiro atoms. The van der Waals surface area contributed by atoms with E-state index in [1.807, 2.05) is 0 Å². The summed E-state index contributed by atoms with van der Waals surface area (Å²) in [6.45, 7) is -4.10. The molecule has 39 nitrogen and oxygen atoms in total. The maximum atomic E-state index is 12.7. The van der Waals surface area contributed by atoms with E-state index in [-0.39, 0.29) is 0 Å². The van der Waals surface area contributed by atoms with E-state index < -0.39 is 279 Å². The predicted molar refractivity (Wildman–Crippen MR) is 267 cm³/mol. The molecule has 87 heavy (non-hydrogen) atoms. The average molecular weight is 1280 g/mol. The van der Waals surface area contributed by atoms with Crippen molar-refractivity contribution < 1.29 is 178 Å². The molecule has 7 rings (SSSR count). The number of carbonyl (C=O) groups excluding carboxylic acids is 3. The predicted octanol–water partition coefficient (Wildman–Crippen LogP) is -15.8. The van der Waals surface area contributed by atoms with Crippen LogP contribution in [0.1, 0.15) is 20.8 Å². The van der Waals surface area contributed by atoms with Gasteiger partial charge < -0.3 is 180 Å². The van der Waals surface area contributed by atoms with Gasteiger partial charge >= 0.3 is 0 Å². The maximum Gasteiger partial charge on any atom is 0.217 e. The number of aliphatic hydroxyl groups is 20. The molecule has 39 heteroatoms. The molecule has 0 aromatic rings. The number of amides is 3. The first-order valence-corrected chi connectivity index (χ1v) is 27.6. The van der Waals surface area contributed by atoms with Gasteiger partial charge in [0, 0.05) is 20.8 Å². The fourth-order valence-electron chi connectivity index (χ4n) is 11.1. The van der Waals surface area contributed by atoms with E-state index in [0.29, 0.717) is 0 Å². The Bertz CT molecular complexity index is 2190. The molecule has 7 aliphatic heterocycles. The van der Waals surface area contributed by atoms with Crippen LogP contribution < -0.4 is 16.0 Å². The summed E-state index contributed by atoms with van der Waals surface area (Å²) in [6, 6.07) is -5.21. The van der Waals surface area contributed by atoms with Gasteiger partial charge in [-0.15, -0.1) is 0 Å². The number of ether oxygens (including phenoxy) is 13. The lowest BCUT2D eigenvalue weighted by Crippen LogP contribution is -2.70. The van der Waals surface area contributed by atoms with Crippen molar-refractivity contribution in [3.63, 3.8) is 0 Å². The van der Waals surface area contributed by atoms with Gasteiger partial charge in [0.05, 0.1) is 46.2 Å². The quantitative estimate of drug-likeness (QED) is 0.0479. The second-order valence-electron chi connectivity index (χ2n) is 21.8. The average Bonchev–Trinajstić information content (AvgIpc) is 1.06. The second-order valence-corrected chi connectivity index (χ2v) is 21.8. The summed E-state index contributed by atoms with van der Waals surface area (Å²) in [5.74, 6) is -2.50. The third kappa shape index (κ3) is 15.8. The fraction of sp³-hybridized carbons (Fsp3) is 0.938. The van der Waals surface area contributed by atoms with Crippen LogP contribution in [0.15, 0.2) is 0 Å². The van der Waals surface area contributed by atoms with Crippen molar-refractivity contribution in [3.05, 3.63) is 0 Å². The van der Waals surface area contributed by atoms with Crippen molar-refractivity contribution in [1.29, 1.82) is 0 Å². The van der Waals surface area contributed by atoms with Gasteiger partial charge in [-0.1, -0.05) is 0 Å². The highest BCUT2D eigenvalue weighted by molar-refractivity contribution is 5.74. The molecule has 3 amide bonds. The van der Waals surface area contributed by atoms with E-state index in [2.05, 4.69) is 16.0 Å². The van der Waals surface area contributed by atoms with Crippen molar-refractivity contribution in [3.8, 4) is 0 Å². The Morgan fingerprint density at radius 2 is 0.632 bits per heavy atom. The van der Waals surface area contributed by atoms with Crippen LogP contribution in [0.25, 0.3) is 0 Å². The van der Waals surface area contributed by atoms with Crippen LogP contribution in [-0.2, 0) is 76.0 Å². The van der Waals surface area contributed by atoms with Crippen molar-refractivity contribution in [2.24, 2.45) is 0 Å². The Kier molecular flexibility index (Phi) is 25.6. The summed E-state index contributed by atoms with van der Waals surface area (Å²) in [4.78, 5) is 37.1. The van der Waals surface area contributed by atoms with Crippen LogP contribution in [0.2, 0.25) is 0 Å². The van der Waals surface area contributed by atoms with E-state index in [1.165, 1.54) is 0 Å².